The van der Waals surface area contributed by atoms with Crippen LogP contribution in [0.2, 0.25) is 0 Å². The Labute approximate surface area is 157 Å². The van der Waals surface area contributed by atoms with Crippen LogP contribution in [0.15, 0.2) is 51.4 Å². The van der Waals surface area contributed by atoms with E-state index in [4.69, 9.17) is 10.1 Å². The van der Waals surface area contributed by atoms with Gasteiger partial charge < -0.3 is 30.7 Å². The molecule has 0 aliphatic carbocycles. The summed E-state index contributed by atoms with van der Waals surface area (Å²) >= 11 is 0. The Morgan fingerprint density at radius 3 is 2.81 bits per heavy atom. The van der Waals surface area contributed by atoms with E-state index in [-0.39, 0.29) is 29.6 Å². The largest absolute Gasteiger partial charge is 0.462 e. The lowest BCUT2D eigenvalue weighted by Gasteiger charge is -2.20. The second kappa shape index (κ2) is 8.84. The van der Waals surface area contributed by atoms with Crippen LogP contribution in [0.25, 0.3) is 0 Å². The second-order valence-corrected chi connectivity index (χ2v) is 5.91. The Balaban J connectivity index is 2.45. The molecule has 9 nitrogen and oxygen atoms in total. The first-order chi connectivity index (χ1) is 12.9. The third kappa shape index (κ3) is 4.63. The van der Waals surface area contributed by atoms with Crippen molar-refractivity contribution in [3.8, 4) is 0 Å². The van der Waals surface area contributed by atoms with Crippen LogP contribution in [0.5, 0.6) is 0 Å². The van der Waals surface area contributed by atoms with E-state index in [1.165, 1.54) is 0 Å². The maximum Gasteiger partial charge on any atom is 0.343 e. The number of carbonyl (C=O) groups is 1. The monoisotopic (exact) mass is 372 g/mol. The van der Waals surface area contributed by atoms with E-state index in [9.17, 15) is 9.59 Å². The van der Waals surface area contributed by atoms with E-state index < -0.39 is 5.97 Å². The SMILES string of the molecule is CCOC(=O)/C(C=N)=C1\N=C(Nc2cccn(C(C)C)c2=O)C=C(NC)N1. The van der Waals surface area contributed by atoms with Gasteiger partial charge in [0.15, 0.2) is 0 Å². The molecule has 0 saturated heterocycles. The Morgan fingerprint density at radius 1 is 1.48 bits per heavy atom. The highest BCUT2D eigenvalue weighted by Crippen LogP contribution is 2.12. The molecule has 0 amide bonds. The lowest BCUT2D eigenvalue weighted by Crippen LogP contribution is -2.33. The molecule has 0 aromatic carbocycles. The topological polar surface area (TPSA) is 121 Å². The number of nitrogens with one attached hydrogen (secondary N) is 4. The highest BCUT2D eigenvalue weighted by Gasteiger charge is 2.19. The molecule has 9 heteroatoms. The molecular formula is C18H24N6O3. The van der Waals surface area contributed by atoms with Crippen molar-refractivity contribution >= 4 is 23.7 Å². The molecule has 0 bridgehead atoms. The Kier molecular flexibility index (Phi) is 6.53. The summed E-state index contributed by atoms with van der Waals surface area (Å²) in [6.45, 7) is 5.71. The van der Waals surface area contributed by atoms with Crippen LogP contribution < -0.4 is 21.5 Å². The van der Waals surface area contributed by atoms with Gasteiger partial charge in [-0.2, -0.15) is 0 Å². The van der Waals surface area contributed by atoms with Gasteiger partial charge >= 0.3 is 5.97 Å². The van der Waals surface area contributed by atoms with Crippen molar-refractivity contribution in [2.24, 2.45) is 4.99 Å². The van der Waals surface area contributed by atoms with Gasteiger partial charge in [-0.1, -0.05) is 0 Å². The maximum atomic E-state index is 12.6. The molecule has 1 aromatic rings. The summed E-state index contributed by atoms with van der Waals surface area (Å²) in [6, 6.07) is 3.44. The van der Waals surface area contributed by atoms with E-state index in [2.05, 4.69) is 20.9 Å². The molecule has 0 radical (unpaired) electrons. The van der Waals surface area contributed by atoms with Crippen LogP contribution in [0.1, 0.15) is 26.8 Å². The number of hydrogen-bond acceptors (Lipinski definition) is 8. The van der Waals surface area contributed by atoms with E-state index in [1.807, 2.05) is 13.8 Å². The van der Waals surface area contributed by atoms with E-state index in [1.54, 1.807) is 42.9 Å². The average molecular weight is 372 g/mol. The molecule has 0 atom stereocenters. The molecule has 0 spiro atoms. The van der Waals surface area contributed by atoms with Crippen molar-refractivity contribution in [1.29, 1.82) is 5.41 Å². The molecular weight excluding hydrogens is 348 g/mol. The van der Waals surface area contributed by atoms with Crippen molar-refractivity contribution < 1.29 is 9.53 Å². The smallest absolute Gasteiger partial charge is 0.343 e. The Hall–Kier alpha value is -3.36. The van der Waals surface area contributed by atoms with Gasteiger partial charge in [0.2, 0.25) is 0 Å². The van der Waals surface area contributed by atoms with Crippen LogP contribution in [-0.2, 0) is 9.53 Å². The van der Waals surface area contributed by atoms with Gasteiger partial charge in [-0.05, 0) is 32.9 Å². The third-order valence-electron chi connectivity index (χ3n) is 3.72. The number of rotatable bonds is 6. The van der Waals surface area contributed by atoms with Gasteiger partial charge in [-0.25, -0.2) is 9.79 Å². The number of aromatic nitrogens is 1. The first kappa shape index (κ1) is 20.0. The minimum absolute atomic E-state index is 0.0152. The quantitative estimate of drug-likeness (QED) is 0.340. The molecule has 1 aliphatic heterocycles. The molecule has 144 valence electrons. The molecule has 1 aromatic heterocycles. The summed E-state index contributed by atoms with van der Waals surface area (Å²) in [4.78, 5) is 28.9. The number of carbonyl (C=O) groups excluding carboxylic acids is 1. The summed E-state index contributed by atoms with van der Waals surface area (Å²) < 4.78 is 6.56. The third-order valence-corrected chi connectivity index (χ3v) is 3.72. The number of nitrogens with zero attached hydrogens (tertiary/aromatic N) is 2. The number of aliphatic imine (C=N–C) groups is 1. The summed E-state index contributed by atoms with van der Waals surface area (Å²) in [5, 5.41) is 16.4. The van der Waals surface area contributed by atoms with Gasteiger partial charge in [0.05, 0.1) is 6.61 Å². The van der Waals surface area contributed by atoms with Crippen molar-refractivity contribution in [1.82, 2.24) is 15.2 Å². The molecule has 2 heterocycles. The second-order valence-electron chi connectivity index (χ2n) is 5.91. The zero-order chi connectivity index (χ0) is 20.0. The Bertz CT molecular complexity index is 879. The predicted molar refractivity (Wildman–Crippen MR) is 105 cm³/mol. The van der Waals surface area contributed by atoms with Crippen LogP contribution >= 0.6 is 0 Å². The van der Waals surface area contributed by atoms with E-state index >= 15 is 0 Å². The van der Waals surface area contributed by atoms with Gasteiger partial charge in [0.1, 0.15) is 28.7 Å². The fourth-order valence-corrected chi connectivity index (χ4v) is 2.39. The van der Waals surface area contributed by atoms with Crippen LogP contribution in [-0.4, -0.2) is 36.2 Å². The molecule has 0 saturated carbocycles. The van der Waals surface area contributed by atoms with Gasteiger partial charge in [0, 0.05) is 31.6 Å². The molecule has 2 rings (SSSR count). The molecule has 4 N–H and O–H groups in total. The fraction of sp³-hybridized carbons (Fsp3) is 0.333. The van der Waals surface area contributed by atoms with E-state index in [0.29, 0.717) is 17.3 Å². The maximum absolute atomic E-state index is 12.6. The van der Waals surface area contributed by atoms with E-state index in [0.717, 1.165) is 6.21 Å². The number of hydrogen-bond donors (Lipinski definition) is 4. The normalized spacial score (nSPS) is 15.3. The number of esters is 1. The van der Waals surface area contributed by atoms with Crippen molar-refractivity contribution in [3.05, 3.63) is 52.0 Å². The van der Waals surface area contributed by atoms with Crippen LogP contribution in [0, 0.1) is 5.41 Å². The summed E-state index contributed by atoms with van der Waals surface area (Å²) in [7, 11) is 1.70. The van der Waals surface area contributed by atoms with Crippen LogP contribution in [0.3, 0.4) is 0 Å². The minimum atomic E-state index is -0.655. The number of ether oxygens (including phenoxy) is 1. The van der Waals surface area contributed by atoms with Crippen molar-refractivity contribution in [3.63, 3.8) is 0 Å². The number of pyridine rings is 1. The molecule has 27 heavy (non-hydrogen) atoms. The first-order valence-electron chi connectivity index (χ1n) is 8.56. The van der Waals surface area contributed by atoms with Crippen molar-refractivity contribution in [2.75, 3.05) is 19.0 Å². The summed E-state index contributed by atoms with van der Waals surface area (Å²) in [5.41, 5.74) is 0.145. The predicted octanol–water partition coefficient (Wildman–Crippen LogP) is 1.33. The number of anilines is 1. The van der Waals surface area contributed by atoms with Gasteiger partial charge in [-0.3, -0.25) is 4.79 Å². The average Bonchev–Trinajstić information content (AvgIpc) is 2.64. The standard InChI is InChI=1S/C18H24N6O3/c1-5-27-18(26)12(10-19)16-22-14(20-4)9-15(23-16)21-13-7-6-8-24(11(2)3)17(13)25/h6-11,19-20,22H,5H2,1-4H3,(H,21,23)/b16-12-,19-10?. The van der Waals surface area contributed by atoms with Crippen molar-refractivity contribution in [2.45, 2.75) is 26.8 Å². The van der Waals surface area contributed by atoms with Gasteiger partial charge in [-0.15, -0.1) is 0 Å². The molecule has 0 unspecified atom stereocenters. The molecule has 0 fully saturated rings. The first-order valence-corrected chi connectivity index (χ1v) is 8.56. The highest BCUT2D eigenvalue weighted by molar-refractivity contribution is 6.11. The highest BCUT2D eigenvalue weighted by atomic mass is 16.5. The fourth-order valence-electron chi connectivity index (χ4n) is 2.39. The minimum Gasteiger partial charge on any atom is -0.462 e. The molecule has 1 aliphatic rings. The summed E-state index contributed by atoms with van der Waals surface area (Å²) in [6.07, 6.45) is 4.26. The lowest BCUT2D eigenvalue weighted by atomic mass is 10.2. The zero-order valence-electron chi connectivity index (χ0n) is 15.8. The zero-order valence-corrected chi connectivity index (χ0v) is 15.8. The number of amidine groups is 1. The summed E-state index contributed by atoms with van der Waals surface area (Å²) in [5.74, 6) is 0.386. The Morgan fingerprint density at radius 2 is 2.22 bits per heavy atom. The van der Waals surface area contributed by atoms with Gasteiger partial charge in [0.25, 0.3) is 5.56 Å². The van der Waals surface area contributed by atoms with Crippen LogP contribution in [0.4, 0.5) is 5.69 Å². The lowest BCUT2D eigenvalue weighted by molar-refractivity contribution is -0.137.